The van der Waals surface area contributed by atoms with Crippen molar-refractivity contribution < 1.29 is 19.8 Å². The number of aliphatic carboxylic acids is 2. The summed E-state index contributed by atoms with van der Waals surface area (Å²) in [6.07, 6.45) is 0.666. The number of carboxylic acids is 2. The van der Waals surface area contributed by atoms with Crippen molar-refractivity contribution in [3.05, 3.63) is 0 Å². The van der Waals surface area contributed by atoms with Crippen LogP contribution >= 0.6 is 0 Å². The summed E-state index contributed by atoms with van der Waals surface area (Å²) in [5, 5.41) is 17.8. The highest BCUT2D eigenvalue weighted by atomic mass is 16.4. The molecule has 0 saturated heterocycles. The van der Waals surface area contributed by atoms with Crippen LogP contribution in [0.5, 0.6) is 0 Å². The maximum Gasteiger partial charge on any atom is 0.321 e. The molecule has 0 spiro atoms. The maximum atomic E-state index is 10.9. The predicted octanol–water partition coefficient (Wildman–Crippen LogP) is 1.60. The third-order valence-corrected chi connectivity index (χ3v) is 2.77. The van der Waals surface area contributed by atoms with E-state index in [1.54, 1.807) is 20.8 Å². The highest BCUT2D eigenvalue weighted by Gasteiger charge is 2.48. The van der Waals surface area contributed by atoms with Gasteiger partial charge in [0.25, 0.3) is 0 Å². The third kappa shape index (κ3) is 1.82. The number of carbonyl (C=O) groups is 2. The first-order valence-electron chi connectivity index (χ1n) is 4.40. The van der Waals surface area contributed by atoms with Crippen LogP contribution in [0.1, 0.15) is 33.6 Å². The minimum atomic E-state index is -1.62. The summed E-state index contributed by atoms with van der Waals surface area (Å²) in [5.74, 6) is -2.83. The zero-order valence-corrected chi connectivity index (χ0v) is 8.20. The molecular weight excluding hydrogens is 172 g/mol. The Morgan fingerprint density at radius 1 is 1.23 bits per heavy atom. The normalized spacial score (nSPS) is 13.8. The van der Waals surface area contributed by atoms with Crippen LogP contribution in [0.3, 0.4) is 0 Å². The van der Waals surface area contributed by atoms with E-state index < -0.39 is 17.4 Å². The van der Waals surface area contributed by atoms with Crippen molar-refractivity contribution in [2.75, 3.05) is 0 Å². The summed E-state index contributed by atoms with van der Waals surface area (Å²) in [7, 11) is 0. The van der Waals surface area contributed by atoms with Crippen LogP contribution in [0.15, 0.2) is 0 Å². The molecule has 2 N–H and O–H groups in total. The lowest BCUT2D eigenvalue weighted by molar-refractivity contribution is -0.169. The Labute approximate surface area is 77.6 Å². The second-order valence-electron chi connectivity index (χ2n) is 3.24. The van der Waals surface area contributed by atoms with E-state index in [0.29, 0.717) is 6.42 Å². The third-order valence-electron chi connectivity index (χ3n) is 2.77. The highest BCUT2D eigenvalue weighted by molar-refractivity contribution is 5.98. The van der Waals surface area contributed by atoms with E-state index in [9.17, 15) is 9.59 Å². The fourth-order valence-electron chi connectivity index (χ4n) is 1.51. The first-order chi connectivity index (χ1) is 5.93. The Morgan fingerprint density at radius 2 is 1.62 bits per heavy atom. The second kappa shape index (κ2) is 4.25. The van der Waals surface area contributed by atoms with E-state index >= 15 is 0 Å². The number of hydrogen-bond donors (Lipinski definition) is 2. The van der Waals surface area contributed by atoms with Gasteiger partial charge >= 0.3 is 11.9 Å². The fourth-order valence-corrected chi connectivity index (χ4v) is 1.51. The summed E-state index contributed by atoms with van der Waals surface area (Å²) in [6.45, 7) is 5.04. The average molecular weight is 188 g/mol. The van der Waals surface area contributed by atoms with Crippen molar-refractivity contribution in [3.8, 4) is 0 Å². The standard InChI is InChI=1S/C9H16O4/c1-4-6(3)9(5-2,7(10)11)8(12)13/h6H,4-5H2,1-3H3,(H,10,11)(H,12,13)/t6-/m1/s1. The zero-order chi connectivity index (χ0) is 10.6. The molecule has 4 heteroatoms. The molecule has 0 aromatic heterocycles. The Balaban J connectivity index is 5.10. The van der Waals surface area contributed by atoms with Crippen LogP contribution in [0.4, 0.5) is 0 Å². The van der Waals surface area contributed by atoms with Gasteiger partial charge in [0.15, 0.2) is 5.41 Å². The van der Waals surface area contributed by atoms with E-state index in [4.69, 9.17) is 10.2 Å². The topological polar surface area (TPSA) is 74.6 Å². The molecule has 4 nitrogen and oxygen atoms in total. The summed E-state index contributed by atoms with van der Waals surface area (Å²) < 4.78 is 0. The van der Waals surface area contributed by atoms with Gasteiger partial charge in [-0.15, -0.1) is 0 Å². The first kappa shape index (κ1) is 11.9. The van der Waals surface area contributed by atoms with Crippen LogP contribution < -0.4 is 0 Å². The molecule has 1 atom stereocenters. The fraction of sp³-hybridized carbons (Fsp3) is 0.778. The monoisotopic (exact) mass is 188 g/mol. The van der Waals surface area contributed by atoms with Gasteiger partial charge in [-0.3, -0.25) is 9.59 Å². The van der Waals surface area contributed by atoms with Gasteiger partial charge in [-0.1, -0.05) is 27.2 Å². The smallest absolute Gasteiger partial charge is 0.321 e. The minimum absolute atomic E-state index is 0.118. The van der Waals surface area contributed by atoms with Crippen LogP contribution in [0, 0.1) is 11.3 Å². The van der Waals surface area contributed by atoms with Gasteiger partial charge in [0.05, 0.1) is 0 Å². The van der Waals surface area contributed by atoms with Crippen LogP contribution in [0.25, 0.3) is 0 Å². The summed E-state index contributed by atoms with van der Waals surface area (Å²) in [4.78, 5) is 21.8. The minimum Gasteiger partial charge on any atom is -0.480 e. The number of hydrogen-bond acceptors (Lipinski definition) is 2. The Hall–Kier alpha value is -1.06. The first-order valence-corrected chi connectivity index (χ1v) is 4.40. The summed E-state index contributed by atoms with van der Waals surface area (Å²) >= 11 is 0. The van der Waals surface area contributed by atoms with Crippen LogP contribution in [-0.2, 0) is 9.59 Å². The van der Waals surface area contributed by atoms with Gasteiger partial charge in [-0.05, 0) is 12.3 Å². The van der Waals surface area contributed by atoms with E-state index in [1.807, 2.05) is 0 Å². The van der Waals surface area contributed by atoms with E-state index in [0.717, 1.165) is 0 Å². The molecule has 0 unspecified atom stereocenters. The zero-order valence-electron chi connectivity index (χ0n) is 8.20. The SMILES string of the molecule is CC[C@@H](C)C(CC)(C(=O)O)C(=O)O. The lowest BCUT2D eigenvalue weighted by atomic mass is 9.73. The molecule has 76 valence electrons. The quantitative estimate of drug-likeness (QED) is 0.642. The van der Waals surface area contributed by atoms with Crippen molar-refractivity contribution >= 4 is 11.9 Å². The Kier molecular flexibility index (Phi) is 3.91. The molecule has 0 aliphatic carbocycles. The van der Waals surface area contributed by atoms with Crippen molar-refractivity contribution in [1.82, 2.24) is 0 Å². The van der Waals surface area contributed by atoms with E-state index in [2.05, 4.69) is 0 Å². The van der Waals surface area contributed by atoms with Gasteiger partial charge in [0.2, 0.25) is 0 Å². The number of carboxylic acid groups (broad SMARTS) is 2. The molecule has 0 aromatic rings. The van der Waals surface area contributed by atoms with Crippen molar-refractivity contribution in [2.24, 2.45) is 11.3 Å². The van der Waals surface area contributed by atoms with Gasteiger partial charge in [0.1, 0.15) is 0 Å². The summed E-state index contributed by atoms with van der Waals surface area (Å²) in [5.41, 5.74) is -1.62. The molecule has 0 heterocycles. The van der Waals surface area contributed by atoms with Gasteiger partial charge < -0.3 is 10.2 Å². The van der Waals surface area contributed by atoms with Crippen molar-refractivity contribution in [2.45, 2.75) is 33.6 Å². The highest BCUT2D eigenvalue weighted by Crippen LogP contribution is 2.34. The molecule has 0 amide bonds. The van der Waals surface area contributed by atoms with Gasteiger partial charge in [-0.2, -0.15) is 0 Å². The van der Waals surface area contributed by atoms with Gasteiger partial charge in [0, 0.05) is 0 Å². The van der Waals surface area contributed by atoms with Crippen LogP contribution in [-0.4, -0.2) is 22.2 Å². The molecule has 0 aliphatic rings. The predicted molar refractivity (Wildman–Crippen MR) is 47.5 cm³/mol. The lowest BCUT2D eigenvalue weighted by Crippen LogP contribution is -2.44. The second-order valence-corrected chi connectivity index (χ2v) is 3.24. The summed E-state index contributed by atoms with van der Waals surface area (Å²) in [6, 6.07) is 0. The molecule has 0 aromatic carbocycles. The molecule has 13 heavy (non-hydrogen) atoms. The molecule has 0 saturated carbocycles. The molecule has 0 aliphatic heterocycles. The molecule has 0 rings (SSSR count). The van der Waals surface area contributed by atoms with Crippen molar-refractivity contribution in [3.63, 3.8) is 0 Å². The van der Waals surface area contributed by atoms with Crippen molar-refractivity contribution in [1.29, 1.82) is 0 Å². The number of rotatable bonds is 5. The van der Waals surface area contributed by atoms with Crippen LogP contribution in [0.2, 0.25) is 0 Å². The average Bonchev–Trinajstić information content (AvgIpc) is 2.04. The largest absolute Gasteiger partial charge is 0.480 e. The Bertz CT molecular complexity index is 196. The van der Waals surface area contributed by atoms with Gasteiger partial charge in [-0.25, -0.2) is 0 Å². The molecule has 0 bridgehead atoms. The maximum absolute atomic E-state index is 10.9. The molecular formula is C9H16O4. The molecule has 0 fully saturated rings. The van der Waals surface area contributed by atoms with E-state index in [-0.39, 0.29) is 12.3 Å². The van der Waals surface area contributed by atoms with E-state index in [1.165, 1.54) is 0 Å². The Morgan fingerprint density at radius 3 is 1.69 bits per heavy atom. The molecule has 0 radical (unpaired) electrons. The lowest BCUT2D eigenvalue weighted by Gasteiger charge is -2.29.